The lowest BCUT2D eigenvalue weighted by atomic mass is 10.1. The van der Waals surface area contributed by atoms with Crippen LogP contribution >= 0.6 is 0 Å². The quantitative estimate of drug-likeness (QED) is 0.498. The average molecular weight is 298 g/mol. The molecule has 1 amide bonds. The number of aromatic nitrogens is 1. The van der Waals surface area contributed by atoms with Crippen LogP contribution < -0.4 is 22.8 Å². The van der Waals surface area contributed by atoms with Crippen molar-refractivity contribution in [1.29, 1.82) is 0 Å². The number of nitrogens with one attached hydrogen (secondary N) is 2. The number of amidine groups is 1. The molecular weight excluding hydrogens is 286 g/mol. The van der Waals surface area contributed by atoms with Crippen LogP contribution in [0.5, 0.6) is 0 Å². The highest BCUT2D eigenvalue weighted by atomic mass is 35.5. The number of nitrogens with zero attached hydrogens (tertiary/aromatic N) is 3. The second-order valence-corrected chi connectivity index (χ2v) is 3.87. The van der Waals surface area contributed by atoms with E-state index in [1.165, 1.54) is 13.1 Å². The van der Waals surface area contributed by atoms with E-state index in [0.29, 0.717) is 22.9 Å². The number of carbonyl (C=O) groups excluding carboxylic acids is 1. The number of hydrogen-bond donors (Lipinski definition) is 3. The third-order valence-corrected chi connectivity index (χ3v) is 2.38. The van der Waals surface area contributed by atoms with E-state index in [4.69, 9.17) is 5.11 Å². The molecule has 0 saturated heterocycles. The van der Waals surface area contributed by atoms with Gasteiger partial charge in [0.25, 0.3) is 0 Å². The first-order chi connectivity index (χ1) is 9.04. The van der Waals surface area contributed by atoms with Crippen LogP contribution in [0.4, 0.5) is 4.79 Å². The Hall–Kier alpha value is -2.32. The van der Waals surface area contributed by atoms with Gasteiger partial charge < -0.3 is 17.5 Å². The lowest BCUT2D eigenvalue weighted by Gasteiger charge is -2.03. The minimum Gasteiger partial charge on any atom is -1.00 e. The number of amides is 1. The van der Waals surface area contributed by atoms with Crippen molar-refractivity contribution in [3.8, 4) is 0 Å². The zero-order valence-electron chi connectivity index (χ0n) is 10.5. The molecular formula is C11H12ClN5O3. The Morgan fingerprint density at radius 1 is 1.45 bits per heavy atom. The molecule has 3 N–H and O–H groups in total. The molecule has 2 heterocycles. The first-order valence-electron chi connectivity index (χ1n) is 5.49. The molecule has 0 aromatic carbocycles. The molecule has 0 saturated carbocycles. The minimum atomic E-state index is -1.19. The highest BCUT2D eigenvalue weighted by Crippen LogP contribution is 2.01. The molecule has 1 aromatic heterocycles. The van der Waals surface area contributed by atoms with Gasteiger partial charge >= 0.3 is 6.09 Å². The van der Waals surface area contributed by atoms with Crippen LogP contribution in [0.2, 0.25) is 0 Å². The topological polar surface area (TPSA) is 108 Å². The summed E-state index contributed by atoms with van der Waals surface area (Å²) in [6.07, 6.45) is 1.69. The van der Waals surface area contributed by atoms with Crippen molar-refractivity contribution < 1.29 is 32.2 Å². The van der Waals surface area contributed by atoms with Crippen molar-refractivity contribution in [2.75, 3.05) is 0 Å². The van der Waals surface area contributed by atoms with Crippen molar-refractivity contribution in [1.82, 2.24) is 10.3 Å². The van der Waals surface area contributed by atoms with Crippen LogP contribution in [-0.4, -0.2) is 34.0 Å². The molecule has 9 heteroatoms. The summed E-state index contributed by atoms with van der Waals surface area (Å²) in [5.74, 6) is 0.130. The highest BCUT2D eigenvalue weighted by molar-refractivity contribution is 6.32. The van der Waals surface area contributed by atoms with Gasteiger partial charge in [-0.25, -0.2) is 4.79 Å². The van der Waals surface area contributed by atoms with Crippen LogP contribution in [0.15, 0.2) is 28.5 Å². The Morgan fingerprint density at radius 2 is 2.20 bits per heavy atom. The Morgan fingerprint density at radius 3 is 2.85 bits per heavy atom. The molecule has 1 aliphatic rings. The van der Waals surface area contributed by atoms with Gasteiger partial charge in [0.15, 0.2) is 12.3 Å². The Kier molecular flexibility index (Phi) is 5.30. The molecule has 2 rings (SSSR count). The molecule has 0 radical (unpaired) electrons. The number of carbonyl (C=O) groups is 2. The summed E-state index contributed by atoms with van der Waals surface area (Å²) in [6, 6.07) is 3.30. The summed E-state index contributed by atoms with van der Waals surface area (Å²) in [4.78, 5) is 25.8. The first kappa shape index (κ1) is 15.7. The smallest absolute Gasteiger partial charge is 0.410 e. The van der Waals surface area contributed by atoms with E-state index in [2.05, 4.69) is 20.5 Å². The molecule has 106 valence electrons. The van der Waals surface area contributed by atoms with Crippen molar-refractivity contribution in [2.24, 2.45) is 10.2 Å². The fourth-order valence-corrected chi connectivity index (χ4v) is 1.54. The summed E-state index contributed by atoms with van der Waals surface area (Å²) >= 11 is 0. The molecule has 20 heavy (non-hydrogen) atoms. The Labute approximate surface area is 120 Å². The SMILES string of the molecule is CC(=O)c1ccnc(C[NH+]2N=CC(NC(=O)O)=N2)c1.[Cl-]. The van der Waals surface area contributed by atoms with Gasteiger partial charge in [0.05, 0.1) is 0 Å². The van der Waals surface area contributed by atoms with Gasteiger partial charge in [-0.05, 0) is 24.2 Å². The molecule has 1 aromatic rings. The standard InChI is InChI=1S/C11H11N5O3.ClH/c1-7(17)8-2-3-12-9(4-8)6-16-13-5-10(15-16)14-11(18)19;/h2-5H,6H2,1H3,(H,14,15)(H,18,19);1H. The van der Waals surface area contributed by atoms with Crippen molar-refractivity contribution in [2.45, 2.75) is 13.5 Å². The van der Waals surface area contributed by atoms with E-state index in [1.54, 1.807) is 18.3 Å². The molecule has 1 atom stereocenters. The largest absolute Gasteiger partial charge is 1.00 e. The molecule has 0 fully saturated rings. The second-order valence-electron chi connectivity index (χ2n) is 3.87. The van der Waals surface area contributed by atoms with Crippen molar-refractivity contribution in [3.05, 3.63) is 29.6 Å². The fraction of sp³-hybridized carbons (Fsp3) is 0.182. The number of quaternary nitrogens is 1. The predicted molar refractivity (Wildman–Crippen MR) is 66.0 cm³/mol. The number of pyridine rings is 1. The zero-order valence-corrected chi connectivity index (χ0v) is 11.3. The predicted octanol–water partition coefficient (Wildman–Crippen LogP) is -3.75. The van der Waals surface area contributed by atoms with Crippen LogP contribution in [0.25, 0.3) is 0 Å². The molecule has 1 aliphatic heterocycles. The summed E-state index contributed by atoms with van der Waals surface area (Å²) in [6.45, 7) is 1.81. The van der Waals surface area contributed by atoms with Gasteiger partial charge in [-0.3, -0.25) is 15.1 Å². The summed E-state index contributed by atoms with van der Waals surface area (Å²) in [5, 5.41) is 19.1. The van der Waals surface area contributed by atoms with Crippen LogP contribution in [0.3, 0.4) is 0 Å². The van der Waals surface area contributed by atoms with E-state index in [9.17, 15) is 9.59 Å². The van der Waals surface area contributed by atoms with E-state index in [-0.39, 0.29) is 24.0 Å². The fourth-order valence-electron chi connectivity index (χ4n) is 1.54. The van der Waals surface area contributed by atoms with Crippen molar-refractivity contribution >= 4 is 23.9 Å². The number of ketones is 1. The monoisotopic (exact) mass is 297 g/mol. The summed E-state index contributed by atoms with van der Waals surface area (Å²) in [7, 11) is 0. The lowest BCUT2D eigenvalue weighted by molar-refractivity contribution is -0.925. The van der Waals surface area contributed by atoms with Gasteiger partial charge in [0, 0.05) is 11.8 Å². The van der Waals surface area contributed by atoms with Crippen molar-refractivity contribution in [3.63, 3.8) is 0 Å². The zero-order chi connectivity index (χ0) is 13.8. The number of rotatable bonds is 3. The molecule has 1 unspecified atom stereocenters. The van der Waals surface area contributed by atoms with Gasteiger partial charge in [-0.2, -0.15) is 0 Å². The Bertz CT molecular complexity index is 587. The van der Waals surface area contributed by atoms with Gasteiger partial charge in [0.1, 0.15) is 11.9 Å². The normalized spacial score (nSPS) is 16.2. The molecule has 8 nitrogen and oxygen atoms in total. The maximum atomic E-state index is 11.2. The average Bonchev–Trinajstić information content (AvgIpc) is 2.76. The second kappa shape index (κ2) is 6.73. The first-order valence-corrected chi connectivity index (χ1v) is 5.49. The number of carboxylic acid groups (broad SMARTS) is 1. The molecule has 0 aliphatic carbocycles. The maximum absolute atomic E-state index is 11.2. The third-order valence-electron chi connectivity index (χ3n) is 2.38. The van der Waals surface area contributed by atoms with Crippen LogP contribution in [0, 0.1) is 0 Å². The number of Topliss-reactive ketones (excluding diaryl/α,β-unsaturated/α-hetero) is 1. The summed E-state index contributed by atoms with van der Waals surface area (Å²) < 4.78 is 0. The van der Waals surface area contributed by atoms with Crippen LogP contribution in [-0.2, 0) is 6.54 Å². The van der Waals surface area contributed by atoms with Crippen LogP contribution in [0.1, 0.15) is 23.0 Å². The third kappa shape index (κ3) is 4.11. The van der Waals surface area contributed by atoms with E-state index >= 15 is 0 Å². The lowest BCUT2D eigenvalue weighted by Crippen LogP contribution is -3.00. The molecule has 0 spiro atoms. The van der Waals surface area contributed by atoms with Gasteiger partial charge in [-0.1, -0.05) is 10.2 Å². The highest BCUT2D eigenvalue weighted by Gasteiger charge is 2.18. The number of hydrogen-bond acceptors (Lipinski definition) is 5. The van der Waals surface area contributed by atoms with E-state index < -0.39 is 6.09 Å². The van der Waals surface area contributed by atoms with E-state index in [1.807, 2.05) is 0 Å². The van der Waals surface area contributed by atoms with Gasteiger partial charge in [0.2, 0.25) is 5.84 Å². The van der Waals surface area contributed by atoms with Gasteiger partial charge in [-0.15, -0.1) is 0 Å². The maximum Gasteiger partial charge on any atom is 0.410 e. The van der Waals surface area contributed by atoms with E-state index in [0.717, 1.165) is 0 Å². The minimum absolute atomic E-state index is 0. The summed E-state index contributed by atoms with van der Waals surface area (Å²) in [5.41, 5.74) is 1.22. The molecule has 0 bridgehead atoms. The Balaban J connectivity index is 0.00000200. The number of halogens is 1.